The fourth-order valence-electron chi connectivity index (χ4n) is 2.80. The van der Waals surface area contributed by atoms with Crippen LogP contribution in [0.25, 0.3) is 0 Å². The Hall–Kier alpha value is -1.29. The second kappa shape index (κ2) is 7.64. The summed E-state index contributed by atoms with van der Waals surface area (Å²) in [5.41, 5.74) is 1.29. The summed E-state index contributed by atoms with van der Waals surface area (Å²) >= 11 is 0. The van der Waals surface area contributed by atoms with Crippen LogP contribution in [-0.4, -0.2) is 6.54 Å². The predicted octanol–water partition coefficient (Wildman–Crippen LogP) is 5.04. The van der Waals surface area contributed by atoms with Gasteiger partial charge in [0.2, 0.25) is 0 Å². The lowest BCUT2D eigenvalue weighted by molar-refractivity contribution is 0.430. The van der Waals surface area contributed by atoms with Crippen LogP contribution in [-0.2, 0) is 0 Å². The van der Waals surface area contributed by atoms with Crippen LogP contribution in [0.2, 0.25) is 0 Å². The Morgan fingerprint density at radius 3 is 2.67 bits per heavy atom. The summed E-state index contributed by atoms with van der Waals surface area (Å²) in [7, 11) is 0. The zero-order valence-corrected chi connectivity index (χ0v) is 12.4. The van der Waals surface area contributed by atoms with Gasteiger partial charge in [-0.15, -0.1) is 0 Å². The molecule has 1 unspecified atom stereocenters. The van der Waals surface area contributed by atoms with Crippen molar-refractivity contribution in [2.45, 2.75) is 51.5 Å². The first kappa shape index (κ1) is 16.1. The second-order valence-electron chi connectivity index (χ2n) is 5.53. The molecule has 1 aliphatic carbocycles. The molecule has 0 radical (unpaired) electrons. The largest absolute Gasteiger partial charge is 0.306 e. The summed E-state index contributed by atoms with van der Waals surface area (Å²) < 4.78 is 40.8. The molecular formula is C17H22F3N. The van der Waals surface area contributed by atoms with Gasteiger partial charge in [0.1, 0.15) is 0 Å². The van der Waals surface area contributed by atoms with Gasteiger partial charge in [-0.05, 0) is 44.7 Å². The van der Waals surface area contributed by atoms with Crippen molar-refractivity contribution in [2.24, 2.45) is 0 Å². The zero-order valence-electron chi connectivity index (χ0n) is 12.4. The van der Waals surface area contributed by atoms with E-state index in [1.54, 1.807) is 0 Å². The highest BCUT2D eigenvalue weighted by atomic mass is 19.2. The minimum Gasteiger partial charge on any atom is -0.306 e. The molecule has 1 aromatic carbocycles. The summed E-state index contributed by atoms with van der Waals surface area (Å²) in [5, 5.41) is 3.27. The van der Waals surface area contributed by atoms with Gasteiger partial charge >= 0.3 is 0 Å². The van der Waals surface area contributed by atoms with Crippen molar-refractivity contribution in [1.82, 2.24) is 5.32 Å². The van der Waals surface area contributed by atoms with Gasteiger partial charge in [0.15, 0.2) is 17.5 Å². The SMILES string of the molecule is CCCNC(C1=CCCCCC1)c1ccc(F)c(F)c1F. The highest BCUT2D eigenvalue weighted by molar-refractivity contribution is 5.31. The number of halogens is 3. The van der Waals surface area contributed by atoms with E-state index >= 15 is 0 Å². The lowest BCUT2D eigenvalue weighted by atomic mass is 9.94. The molecule has 1 aliphatic rings. The number of hydrogen-bond donors (Lipinski definition) is 1. The van der Waals surface area contributed by atoms with Crippen LogP contribution in [0, 0.1) is 17.5 Å². The molecule has 0 saturated heterocycles. The van der Waals surface area contributed by atoms with Gasteiger partial charge < -0.3 is 5.32 Å². The van der Waals surface area contributed by atoms with Gasteiger partial charge in [-0.3, -0.25) is 0 Å². The van der Waals surface area contributed by atoms with Gasteiger partial charge in [0, 0.05) is 5.56 Å². The lowest BCUT2D eigenvalue weighted by Gasteiger charge is -2.23. The highest BCUT2D eigenvalue weighted by Gasteiger charge is 2.23. The highest BCUT2D eigenvalue weighted by Crippen LogP contribution is 2.31. The Balaban J connectivity index is 2.35. The van der Waals surface area contributed by atoms with Gasteiger partial charge in [-0.2, -0.15) is 0 Å². The molecule has 1 atom stereocenters. The molecule has 1 nitrogen and oxygen atoms in total. The molecular weight excluding hydrogens is 275 g/mol. The maximum absolute atomic E-state index is 14.1. The number of benzene rings is 1. The Kier molecular flexibility index (Phi) is 5.85. The van der Waals surface area contributed by atoms with Gasteiger partial charge in [-0.1, -0.05) is 31.1 Å². The first-order valence-electron chi connectivity index (χ1n) is 7.70. The molecule has 0 bridgehead atoms. The standard InChI is InChI=1S/C17H22F3N/c1-2-11-21-17(12-7-5-3-4-6-8-12)13-9-10-14(18)16(20)15(13)19/h7,9-10,17,21H,2-6,8,11H2,1H3. The number of rotatable bonds is 5. The van der Waals surface area contributed by atoms with Crippen LogP contribution in [0.1, 0.15) is 57.1 Å². The molecule has 0 aromatic heterocycles. The molecule has 0 saturated carbocycles. The summed E-state index contributed by atoms with van der Waals surface area (Å²) in [4.78, 5) is 0. The van der Waals surface area contributed by atoms with Crippen LogP contribution < -0.4 is 5.32 Å². The van der Waals surface area contributed by atoms with E-state index in [1.807, 2.05) is 6.92 Å². The quantitative estimate of drug-likeness (QED) is 0.593. The molecule has 1 aromatic rings. The van der Waals surface area contributed by atoms with Gasteiger partial charge in [0.05, 0.1) is 6.04 Å². The molecule has 0 amide bonds. The maximum Gasteiger partial charge on any atom is 0.194 e. The molecule has 21 heavy (non-hydrogen) atoms. The lowest BCUT2D eigenvalue weighted by Crippen LogP contribution is -2.25. The van der Waals surface area contributed by atoms with Gasteiger partial charge in [0.25, 0.3) is 0 Å². The molecule has 0 fully saturated rings. The summed E-state index contributed by atoms with van der Waals surface area (Å²) in [5.74, 6) is -3.60. The van der Waals surface area contributed by atoms with Crippen LogP contribution in [0.3, 0.4) is 0 Å². The van der Waals surface area contributed by atoms with E-state index in [1.165, 1.54) is 6.07 Å². The van der Waals surface area contributed by atoms with Crippen molar-refractivity contribution in [3.63, 3.8) is 0 Å². The Bertz CT molecular complexity index is 511. The average molecular weight is 297 g/mol. The Morgan fingerprint density at radius 1 is 1.10 bits per heavy atom. The zero-order chi connectivity index (χ0) is 15.2. The van der Waals surface area contributed by atoms with Crippen LogP contribution in [0.15, 0.2) is 23.8 Å². The van der Waals surface area contributed by atoms with E-state index < -0.39 is 17.5 Å². The van der Waals surface area contributed by atoms with E-state index in [0.29, 0.717) is 6.54 Å². The normalized spacial score (nSPS) is 17.2. The topological polar surface area (TPSA) is 12.0 Å². The fraction of sp³-hybridized carbons (Fsp3) is 0.529. The van der Waals surface area contributed by atoms with E-state index in [4.69, 9.17) is 0 Å². The van der Waals surface area contributed by atoms with Crippen molar-refractivity contribution in [3.05, 3.63) is 46.8 Å². The second-order valence-corrected chi connectivity index (χ2v) is 5.53. The van der Waals surface area contributed by atoms with E-state index in [-0.39, 0.29) is 11.6 Å². The van der Waals surface area contributed by atoms with Gasteiger partial charge in [-0.25, -0.2) is 13.2 Å². The maximum atomic E-state index is 14.1. The van der Waals surface area contributed by atoms with Crippen molar-refractivity contribution in [2.75, 3.05) is 6.54 Å². The number of hydrogen-bond acceptors (Lipinski definition) is 1. The molecule has 116 valence electrons. The third-order valence-corrected chi connectivity index (χ3v) is 3.92. The first-order chi connectivity index (χ1) is 10.1. The molecule has 2 rings (SSSR count). The Labute approximate surface area is 124 Å². The molecule has 1 N–H and O–H groups in total. The molecule has 4 heteroatoms. The molecule has 0 heterocycles. The summed E-state index contributed by atoms with van der Waals surface area (Å²) in [6.45, 7) is 2.73. The van der Waals surface area contributed by atoms with Crippen LogP contribution >= 0.6 is 0 Å². The minimum absolute atomic E-state index is 0.204. The first-order valence-corrected chi connectivity index (χ1v) is 7.70. The van der Waals surface area contributed by atoms with E-state index in [9.17, 15) is 13.2 Å². The minimum atomic E-state index is -1.38. The van der Waals surface area contributed by atoms with Crippen molar-refractivity contribution in [3.8, 4) is 0 Å². The predicted molar refractivity (Wildman–Crippen MR) is 78.5 cm³/mol. The summed E-state index contributed by atoms with van der Waals surface area (Å²) in [6.07, 6.45) is 8.20. The number of allylic oxidation sites excluding steroid dienone is 1. The Morgan fingerprint density at radius 2 is 1.90 bits per heavy atom. The third-order valence-electron chi connectivity index (χ3n) is 3.92. The van der Waals surface area contributed by atoms with E-state index in [0.717, 1.165) is 50.2 Å². The monoisotopic (exact) mass is 297 g/mol. The van der Waals surface area contributed by atoms with Crippen molar-refractivity contribution in [1.29, 1.82) is 0 Å². The van der Waals surface area contributed by atoms with Crippen LogP contribution in [0.4, 0.5) is 13.2 Å². The fourth-order valence-corrected chi connectivity index (χ4v) is 2.80. The molecule has 0 aliphatic heterocycles. The number of nitrogens with one attached hydrogen (secondary N) is 1. The third kappa shape index (κ3) is 3.88. The smallest absolute Gasteiger partial charge is 0.194 e. The van der Waals surface area contributed by atoms with Crippen LogP contribution in [0.5, 0.6) is 0 Å². The van der Waals surface area contributed by atoms with E-state index in [2.05, 4.69) is 11.4 Å². The summed E-state index contributed by atoms with van der Waals surface area (Å²) in [6, 6.07) is 2.00. The molecule has 0 spiro atoms. The average Bonchev–Trinajstić information content (AvgIpc) is 2.76. The van der Waals surface area contributed by atoms with Crippen molar-refractivity contribution >= 4 is 0 Å². The van der Waals surface area contributed by atoms with Crippen molar-refractivity contribution < 1.29 is 13.2 Å².